The molecule has 0 rings (SSSR count). The summed E-state index contributed by atoms with van der Waals surface area (Å²) in [6.45, 7) is 5.69. The summed E-state index contributed by atoms with van der Waals surface area (Å²) in [5.41, 5.74) is 0. The number of carbonyl (C=O) groups is 1. The van der Waals surface area contributed by atoms with Gasteiger partial charge >= 0.3 is 13.8 Å². The van der Waals surface area contributed by atoms with Gasteiger partial charge in [0.25, 0.3) is 0 Å². The van der Waals surface area contributed by atoms with Crippen LogP contribution in [-0.4, -0.2) is 75.6 Å². The Morgan fingerprint density at radius 1 is 0.469 bits per heavy atom. The molecule has 382 valence electrons. The Labute approximate surface area is 399 Å². The van der Waals surface area contributed by atoms with Crippen LogP contribution in [0.3, 0.4) is 0 Å². The summed E-state index contributed by atoms with van der Waals surface area (Å²) in [7, 11) is 1.68. The van der Waals surface area contributed by atoms with Crippen LogP contribution in [0, 0.1) is 0 Å². The molecule has 0 aliphatic carbocycles. The molecule has 8 nitrogen and oxygen atoms in total. The summed E-state index contributed by atoms with van der Waals surface area (Å²) < 4.78 is 35.2. The fourth-order valence-electron chi connectivity index (χ4n) is 8.26. The number of hydrogen-bond acceptors (Lipinski definition) is 6. The first-order valence-electron chi connectivity index (χ1n) is 27.9. The van der Waals surface area contributed by atoms with E-state index in [0.29, 0.717) is 24.1 Å². The van der Waals surface area contributed by atoms with Gasteiger partial charge in [0.05, 0.1) is 34.4 Å². The summed E-state index contributed by atoms with van der Waals surface area (Å²) in [4.78, 5) is 23.0. The molecule has 0 heterocycles. The normalized spacial score (nSPS) is 13.5. The van der Waals surface area contributed by atoms with Crippen molar-refractivity contribution in [1.29, 1.82) is 0 Å². The first-order chi connectivity index (χ1) is 31.1. The van der Waals surface area contributed by atoms with Gasteiger partial charge in [0.2, 0.25) is 0 Å². The third-order valence-electron chi connectivity index (χ3n) is 12.6. The average Bonchev–Trinajstić information content (AvgIpc) is 3.25. The second-order valence-corrected chi connectivity index (χ2v) is 21.8. The summed E-state index contributed by atoms with van der Waals surface area (Å²) in [5, 5.41) is 0. The van der Waals surface area contributed by atoms with E-state index in [1.54, 1.807) is 0 Å². The van der Waals surface area contributed by atoms with Crippen LogP contribution in [-0.2, 0) is 27.9 Å². The van der Waals surface area contributed by atoms with Gasteiger partial charge in [0, 0.05) is 13.0 Å². The fraction of sp³-hybridized carbons (Fsp3) is 0.945. The number of unbranched alkanes of at least 4 members (excludes halogenated alkanes) is 37. The average molecular weight is 929 g/mol. The lowest BCUT2D eigenvalue weighted by molar-refractivity contribution is -0.870. The predicted octanol–water partition coefficient (Wildman–Crippen LogP) is 17.3. The van der Waals surface area contributed by atoms with Gasteiger partial charge in [-0.05, 0) is 38.5 Å². The number of rotatable bonds is 53. The maximum Gasteiger partial charge on any atom is 0.472 e. The van der Waals surface area contributed by atoms with Gasteiger partial charge in [0.15, 0.2) is 0 Å². The van der Waals surface area contributed by atoms with E-state index in [2.05, 4.69) is 26.0 Å². The summed E-state index contributed by atoms with van der Waals surface area (Å²) in [5.74, 6) is -0.309. The van der Waals surface area contributed by atoms with Crippen molar-refractivity contribution in [3.63, 3.8) is 0 Å². The highest BCUT2D eigenvalue weighted by atomic mass is 31.2. The zero-order chi connectivity index (χ0) is 46.9. The number of hydrogen-bond donors (Lipinski definition) is 1. The van der Waals surface area contributed by atoms with Crippen molar-refractivity contribution in [3.05, 3.63) is 12.2 Å². The third-order valence-corrected chi connectivity index (χ3v) is 13.6. The van der Waals surface area contributed by atoms with E-state index in [0.717, 1.165) is 32.1 Å². The van der Waals surface area contributed by atoms with Crippen LogP contribution in [0.2, 0.25) is 0 Å². The number of nitrogens with zero attached hydrogens (tertiary/aromatic N) is 1. The number of esters is 1. The fourth-order valence-corrected chi connectivity index (χ4v) is 9.00. The van der Waals surface area contributed by atoms with Crippen LogP contribution < -0.4 is 0 Å². The van der Waals surface area contributed by atoms with Crippen molar-refractivity contribution in [1.82, 2.24) is 0 Å². The van der Waals surface area contributed by atoms with E-state index >= 15 is 0 Å². The minimum Gasteiger partial charge on any atom is -0.457 e. The Balaban J connectivity index is 4.04. The summed E-state index contributed by atoms with van der Waals surface area (Å²) in [6, 6.07) is 0. The van der Waals surface area contributed by atoms with Crippen LogP contribution in [0.5, 0.6) is 0 Å². The number of ether oxygens (including phenoxy) is 2. The zero-order valence-corrected chi connectivity index (χ0v) is 44.4. The molecule has 0 radical (unpaired) electrons. The summed E-state index contributed by atoms with van der Waals surface area (Å²) in [6.07, 6.45) is 57.0. The van der Waals surface area contributed by atoms with Crippen molar-refractivity contribution < 1.29 is 37.3 Å². The van der Waals surface area contributed by atoms with Gasteiger partial charge in [-0.3, -0.25) is 13.8 Å². The van der Waals surface area contributed by atoms with Gasteiger partial charge in [0.1, 0.15) is 19.3 Å². The van der Waals surface area contributed by atoms with Gasteiger partial charge in [-0.25, -0.2) is 4.57 Å². The molecule has 0 amide bonds. The lowest BCUT2D eigenvalue weighted by Crippen LogP contribution is -2.37. The van der Waals surface area contributed by atoms with Crippen LogP contribution in [0.1, 0.15) is 277 Å². The first-order valence-corrected chi connectivity index (χ1v) is 29.4. The topological polar surface area (TPSA) is 91.3 Å². The molecule has 0 saturated heterocycles. The van der Waals surface area contributed by atoms with Crippen molar-refractivity contribution in [2.24, 2.45) is 0 Å². The Kier molecular flexibility index (Phi) is 48.1. The van der Waals surface area contributed by atoms with Crippen molar-refractivity contribution in [2.75, 3.05) is 54.1 Å². The maximum atomic E-state index is 12.8. The highest BCUT2D eigenvalue weighted by Gasteiger charge is 2.26. The minimum atomic E-state index is -4.28. The van der Waals surface area contributed by atoms with Crippen molar-refractivity contribution in [3.8, 4) is 0 Å². The zero-order valence-electron chi connectivity index (χ0n) is 43.6. The van der Waals surface area contributed by atoms with Gasteiger partial charge in [-0.1, -0.05) is 244 Å². The minimum absolute atomic E-state index is 0.0920. The highest BCUT2D eigenvalue weighted by molar-refractivity contribution is 7.47. The van der Waals surface area contributed by atoms with Crippen LogP contribution in [0.4, 0.5) is 0 Å². The molecule has 0 aromatic carbocycles. The lowest BCUT2D eigenvalue weighted by Gasteiger charge is -2.24. The van der Waals surface area contributed by atoms with E-state index in [1.807, 2.05) is 21.1 Å². The molecule has 0 aromatic heterocycles. The largest absolute Gasteiger partial charge is 0.472 e. The standard InChI is InChI=1S/C55H110NO7P/c1-6-8-10-12-14-16-18-20-22-24-26-27-28-29-31-33-35-37-39-41-43-45-47-50-60-52-54(53-62-64(58,59)61-51-49-56(3,4)5)63-55(57)48-46-44-42-40-38-36-34-32-30-25-23-21-19-17-15-13-11-9-7-2/h21,23,54H,6-20,22,24-53H2,1-5H3/p+1/b23-21-. The smallest absolute Gasteiger partial charge is 0.457 e. The molecule has 2 unspecified atom stereocenters. The molecule has 0 saturated carbocycles. The lowest BCUT2D eigenvalue weighted by atomic mass is 10.0. The molecular formula is C55H111NO7P+. The second kappa shape index (κ2) is 48.7. The summed E-state index contributed by atoms with van der Waals surface area (Å²) >= 11 is 0. The Morgan fingerprint density at radius 3 is 1.19 bits per heavy atom. The van der Waals surface area contributed by atoms with Gasteiger partial charge < -0.3 is 18.9 Å². The molecule has 0 spiro atoms. The number of phosphoric ester groups is 1. The SMILES string of the molecule is CCCCCCCC/C=C\CCCCCCCCCCCC(=O)OC(COCCCCCCCCCCCCCCCCCCCCCCCCC)COP(=O)(O)OCC[N+](C)(C)C. The molecule has 0 aliphatic rings. The molecule has 0 fully saturated rings. The predicted molar refractivity (Wildman–Crippen MR) is 275 cm³/mol. The number of allylic oxidation sites excluding steroid dienone is 2. The molecule has 64 heavy (non-hydrogen) atoms. The number of likely N-dealkylation sites (N-methyl/N-ethyl adjacent to an activating group) is 1. The van der Waals surface area contributed by atoms with Gasteiger partial charge in [-0.2, -0.15) is 0 Å². The van der Waals surface area contributed by atoms with E-state index in [4.69, 9.17) is 18.5 Å². The van der Waals surface area contributed by atoms with E-state index < -0.39 is 13.9 Å². The van der Waals surface area contributed by atoms with E-state index in [9.17, 15) is 14.3 Å². The maximum absolute atomic E-state index is 12.8. The van der Waals surface area contributed by atoms with E-state index in [-0.39, 0.29) is 25.8 Å². The van der Waals surface area contributed by atoms with E-state index in [1.165, 1.54) is 225 Å². The molecule has 0 aromatic rings. The number of quaternary nitrogens is 1. The number of carbonyl (C=O) groups excluding carboxylic acids is 1. The molecule has 0 bridgehead atoms. The van der Waals surface area contributed by atoms with Crippen LogP contribution >= 0.6 is 7.82 Å². The highest BCUT2D eigenvalue weighted by Crippen LogP contribution is 2.43. The van der Waals surface area contributed by atoms with Crippen molar-refractivity contribution >= 4 is 13.8 Å². The third kappa shape index (κ3) is 52.2. The van der Waals surface area contributed by atoms with Crippen LogP contribution in [0.15, 0.2) is 12.2 Å². The number of phosphoric acid groups is 1. The monoisotopic (exact) mass is 929 g/mol. The molecule has 9 heteroatoms. The molecule has 0 aliphatic heterocycles. The molecular weight excluding hydrogens is 818 g/mol. The quantitative estimate of drug-likeness (QED) is 0.0214. The van der Waals surface area contributed by atoms with Crippen LogP contribution in [0.25, 0.3) is 0 Å². The Hall–Kier alpha value is -0.760. The van der Waals surface area contributed by atoms with Crippen molar-refractivity contribution in [2.45, 2.75) is 283 Å². The second-order valence-electron chi connectivity index (χ2n) is 20.3. The first kappa shape index (κ1) is 63.2. The molecule has 2 atom stereocenters. The molecule has 1 N–H and O–H groups in total. The Morgan fingerprint density at radius 2 is 0.812 bits per heavy atom. The van der Waals surface area contributed by atoms with Gasteiger partial charge in [-0.15, -0.1) is 0 Å². The Bertz CT molecular complexity index is 1030.